The van der Waals surface area contributed by atoms with Gasteiger partial charge in [0.05, 0.1) is 6.61 Å². The molecule has 3 nitrogen and oxygen atoms in total. The summed E-state index contributed by atoms with van der Waals surface area (Å²) in [6.45, 7) is 4.88. The van der Waals surface area contributed by atoms with Crippen LogP contribution < -0.4 is 16.0 Å². The molecular weight excluding hydrogens is 176 g/mol. The van der Waals surface area contributed by atoms with E-state index < -0.39 is 0 Å². The highest BCUT2D eigenvalue weighted by Gasteiger charge is 2.01. The average molecular weight is 194 g/mol. The van der Waals surface area contributed by atoms with Crippen molar-refractivity contribution in [2.24, 2.45) is 5.84 Å². The highest BCUT2D eigenvalue weighted by molar-refractivity contribution is 5.28. The number of ether oxygens (including phenoxy) is 1. The minimum atomic E-state index is 0.176. The lowest BCUT2D eigenvalue weighted by atomic mass is 10.1. The number of hydrogen-bond donors (Lipinski definition) is 2. The summed E-state index contributed by atoms with van der Waals surface area (Å²) in [5.74, 6) is 6.26. The first-order valence-electron chi connectivity index (χ1n) is 4.96. The number of nitrogens with two attached hydrogens (primary N) is 1. The second kappa shape index (κ2) is 5.62. The third-order valence-electron chi connectivity index (χ3n) is 2.10. The van der Waals surface area contributed by atoms with Gasteiger partial charge in [-0.2, -0.15) is 0 Å². The van der Waals surface area contributed by atoms with E-state index >= 15 is 0 Å². The smallest absolute Gasteiger partial charge is 0.119 e. The Bertz CT molecular complexity index is 258. The molecule has 3 heteroatoms. The van der Waals surface area contributed by atoms with E-state index in [4.69, 9.17) is 10.6 Å². The lowest BCUT2D eigenvalue weighted by Crippen LogP contribution is -2.25. The second-order valence-corrected chi connectivity index (χ2v) is 3.31. The summed E-state index contributed by atoms with van der Waals surface area (Å²) in [5.41, 5.74) is 3.87. The molecule has 1 rings (SSSR count). The van der Waals surface area contributed by atoms with Crippen molar-refractivity contribution < 1.29 is 4.74 Å². The predicted molar refractivity (Wildman–Crippen MR) is 58.0 cm³/mol. The standard InChI is InChI=1S/C11H18N2O/c1-3-8-14-11-6-4-10(5-7-11)9(2)13-12/h4-7,9,13H,3,8,12H2,1-2H3/t9-/m1/s1. The molecule has 1 aromatic rings. The molecule has 0 spiro atoms. The SMILES string of the molecule is CCCOc1ccc([C@@H](C)NN)cc1. The monoisotopic (exact) mass is 194 g/mol. The maximum absolute atomic E-state index is 5.47. The van der Waals surface area contributed by atoms with Gasteiger partial charge in [0.15, 0.2) is 0 Å². The van der Waals surface area contributed by atoms with E-state index in [1.165, 1.54) is 0 Å². The Balaban J connectivity index is 2.59. The molecule has 0 heterocycles. The van der Waals surface area contributed by atoms with Crippen LogP contribution in [0.4, 0.5) is 0 Å². The molecule has 0 saturated heterocycles. The number of rotatable bonds is 5. The molecule has 0 aliphatic rings. The van der Waals surface area contributed by atoms with E-state index in [-0.39, 0.29) is 6.04 Å². The normalized spacial score (nSPS) is 12.5. The van der Waals surface area contributed by atoms with Gasteiger partial charge >= 0.3 is 0 Å². The van der Waals surface area contributed by atoms with Crippen molar-refractivity contribution in [3.63, 3.8) is 0 Å². The lowest BCUT2D eigenvalue weighted by molar-refractivity contribution is 0.317. The molecule has 0 aromatic heterocycles. The summed E-state index contributed by atoms with van der Waals surface area (Å²) in [5, 5.41) is 0. The maximum atomic E-state index is 5.47. The van der Waals surface area contributed by atoms with Gasteiger partial charge < -0.3 is 4.74 Å². The topological polar surface area (TPSA) is 47.3 Å². The highest BCUT2D eigenvalue weighted by atomic mass is 16.5. The van der Waals surface area contributed by atoms with Crippen molar-refractivity contribution >= 4 is 0 Å². The van der Waals surface area contributed by atoms with Crippen LogP contribution in [0.2, 0.25) is 0 Å². The molecule has 1 aromatic carbocycles. The van der Waals surface area contributed by atoms with E-state index in [9.17, 15) is 0 Å². The molecule has 14 heavy (non-hydrogen) atoms. The summed E-state index contributed by atoms with van der Waals surface area (Å²) in [6, 6.07) is 8.16. The Morgan fingerprint density at radius 2 is 2.00 bits per heavy atom. The van der Waals surface area contributed by atoms with E-state index in [0.29, 0.717) is 0 Å². The minimum Gasteiger partial charge on any atom is -0.494 e. The Kier molecular flexibility index (Phi) is 4.43. The van der Waals surface area contributed by atoms with E-state index in [1.807, 2.05) is 31.2 Å². The van der Waals surface area contributed by atoms with Crippen LogP contribution >= 0.6 is 0 Å². The van der Waals surface area contributed by atoms with Crippen LogP contribution in [-0.2, 0) is 0 Å². The molecule has 0 aliphatic carbocycles. The van der Waals surface area contributed by atoms with Crippen LogP contribution in [0.25, 0.3) is 0 Å². The predicted octanol–water partition coefficient (Wildman–Crippen LogP) is 2.00. The molecule has 0 amide bonds. The summed E-state index contributed by atoms with van der Waals surface area (Å²) >= 11 is 0. The molecule has 3 N–H and O–H groups in total. The number of hydrazine groups is 1. The van der Waals surface area contributed by atoms with Gasteiger partial charge in [0.2, 0.25) is 0 Å². The van der Waals surface area contributed by atoms with Crippen LogP contribution in [0, 0.1) is 0 Å². The molecule has 0 aliphatic heterocycles. The molecule has 0 saturated carbocycles. The van der Waals surface area contributed by atoms with Gasteiger partial charge in [-0.25, -0.2) is 0 Å². The molecule has 0 unspecified atom stereocenters. The van der Waals surface area contributed by atoms with Crippen molar-refractivity contribution in [1.82, 2.24) is 5.43 Å². The van der Waals surface area contributed by atoms with Crippen LogP contribution in [0.3, 0.4) is 0 Å². The van der Waals surface area contributed by atoms with Gasteiger partial charge in [0, 0.05) is 6.04 Å². The van der Waals surface area contributed by atoms with Gasteiger partial charge in [0.1, 0.15) is 5.75 Å². The highest BCUT2D eigenvalue weighted by Crippen LogP contribution is 2.16. The van der Waals surface area contributed by atoms with Gasteiger partial charge in [-0.05, 0) is 31.0 Å². The summed E-state index contributed by atoms with van der Waals surface area (Å²) in [7, 11) is 0. The Hall–Kier alpha value is -1.06. The van der Waals surface area contributed by atoms with Crippen LogP contribution in [0.15, 0.2) is 24.3 Å². The lowest BCUT2D eigenvalue weighted by Gasteiger charge is -2.11. The molecule has 0 fully saturated rings. The molecule has 78 valence electrons. The number of hydrogen-bond acceptors (Lipinski definition) is 3. The number of nitrogens with one attached hydrogen (secondary N) is 1. The van der Waals surface area contributed by atoms with Gasteiger partial charge in [-0.15, -0.1) is 0 Å². The maximum Gasteiger partial charge on any atom is 0.119 e. The van der Waals surface area contributed by atoms with Crippen molar-refractivity contribution in [1.29, 1.82) is 0 Å². The van der Waals surface area contributed by atoms with Crippen LogP contribution in [-0.4, -0.2) is 6.61 Å². The third kappa shape index (κ3) is 3.01. The summed E-state index contributed by atoms with van der Waals surface area (Å²) < 4.78 is 5.47. The van der Waals surface area contributed by atoms with Crippen molar-refractivity contribution in [3.05, 3.63) is 29.8 Å². The molecule has 1 atom stereocenters. The summed E-state index contributed by atoms with van der Waals surface area (Å²) in [6.07, 6.45) is 1.03. The zero-order chi connectivity index (χ0) is 10.4. The van der Waals surface area contributed by atoms with Crippen molar-refractivity contribution in [2.75, 3.05) is 6.61 Å². The Morgan fingerprint density at radius 1 is 1.36 bits per heavy atom. The van der Waals surface area contributed by atoms with Crippen LogP contribution in [0.5, 0.6) is 5.75 Å². The van der Waals surface area contributed by atoms with Crippen molar-refractivity contribution in [3.8, 4) is 5.75 Å². The summed E-state index contributed by atoms with van der Waals surface area (Å²) in [4.78, 5) is 0. The van der Waals surface area contributed by atoms with Gasteiger partial charge in [0.25, 0.3) is 0 Å². The average Bonchev–Trinajstić information content (AvgIpc) is 2.26. The quantitative estimate of drug-likeness (QED) is 0.556. The van der Waals surface area contributed by atoms with Crippen LogP contribution in [0.1, 0.15) is 31.9 Å². The zero-order valence-corrected chi connectivity index (χ0v) is 8.79. The Morgan fingerprint density at radius 3 is 2.50 bits per heavy atom. The van der Waals surface area contributed by atoms with Crippen molar-refractivity contribution in [2.45, 2.75) is 26.3 Å². The third-order valence-corrected chi connectivity index (χ3v) is 2.10. The second-order valence-electron chi connectivity index (χ2n) is 3.31. The number of benzene rings is 1. The largest absolute Gasteiger partial charge is 0.494 e. The first kappa shape index (κ1) is 11.0. The fraction of sp³-hybridized carbons (Fsp3) is 0.455. The first-order chi connectivity index (χ1) is 6.77. The minimum absolute atomic E-state index is 0.176. The fourth-order valence-corrected chi connectivity index (χ4v) is 1.17. The Labute approximate surface area is 85.2 Å². The first-order valence-corrected chi connectivity index (χ1v) is 4.96. The van der Waals surface area contributed by atoms with Gasteiger partial charge in [-0.1, -0.05) is 19.1 Å². The zero-order valence-electron chi connectivity index (χ0n) is 8.79. The molecular formula is C11H18N2O. The van der Waals surface area contributed by atoms with E-state index in [1.54, 1.807) is 0 Å². The molecule has 0 radical (unpaired) electrons. The van der Waals surface area contributed by atoms with E-state index in [0.717, 1.165) is 24.3 Å². The molecule has 0 bridgehead atoms. The fourth-order valence-electron chi connectivity index (χ4n) is 1.17. The van der Waals surface area contributed by atoms with E-state index in [2.05, 4.69) is 12.3 Å². The van der Waals surface area contributed by atoms with Gasteiger partial charge in [-0.3, -0.25) is 11.3 Å².